The standard InChI is InChI=1S/C18H22N2O2/c1-4-20(5-2)18(21)19-15-8-12-17(13-9-15)22-16-10-6-14(3)7-11-16/h6-13H,4-5H2,1-3H3,(H,19,21). The van der Waals surface area contributed by atoms with Crippen LogP contribution in [0, 0.1) is 6.92 Å². The minimum Gasteiger partial charge on any atom is -0.457 e. The Hall–Kier alpha value is -2.49. The second kappa shape index (κ2) is 7.50. The monoisotopic (exact) mass is 298 g/mol. The van der Waals surface area contributed by atoms with Crippen LogP contribution in [0.5, 0.6) is 11.5 Å². The number of hydrogen-bond acceptors (Lipinski definition) is 2. The average Bonchev–Trinajstić information content (AvgIpc) is 2.53. The maximum Gasteiger partial charge on any atom is 0.321 e. The molecule has 0 radical (unpaired) electrons. The number of nitrogens with zero attached hydrogens (tertiary/aromatic N) is 1. The number of rotatable bonds is 5. The molecule has 0 saturated carbocycles. The lowest BCUT2D eigenvalue weighted by molar-refractivity contribution is 0.217. The highest BCUT2D eigenvalue weighted by atomic mass is 16.5. The van der Waals surface area contributed by atoms with Crippen LogP contribution in [-0.2, 0) is 0 Å². The molecule has 22 heavy (non-hydrogen) atoms. The fourth-order valence-corrected chi connectivity index (χ4v) is 2.06. The van der Waals surface area contributed by atoms with Crippen LogP contribution < -0.4 is 10.1 Å². The highest BCUT2D eigenvalue weighted by molar-refractivity contribution is 5.89. The summed E-state index contributed by atoms with van der Waals surface area (Å²) in [4.78, 5) is 13.7. The zero-order chi connectivity index (χ0) is 15.9. The lowest BCUT2D eigenvalue weighted by Gasteiger charge is -2.19. The van der Waals surface area contributed by atoms with E-state index in [1.54, 1.807) is 4.90 Å². The van der Waals surface area contributed by atoms with E-state index in [2.05, 4.69) is 5.32 Å². The van der Waals surface area contributed by atoms with Gasteiger partial charge in [0.25, 0.3) is 0 Å². The molecule has 0 bridgehead atoms. The summed E-state index contributed by atoms with van der Waals surface area (Å²) in [5, 5.41) is 2.87. The summed E-state index contributed by atoms with van der Waals surface area (Å²) in [6, 6.07) is 15.2. The lowest BCUT2D eigenvalue weighted by atomic mass is 10.2. The van der Waals surface area contributed by atoms with Crippen LogP contribution in [0.25, 0.3) is 0 Å². The molecule has 2 aromatic carbocycles. The quantitative estimate of drug-likeness (QED) is 0.872. The number of anilines is 1. The molecule has 0 aliphatic carbocycles. The SMILES string of the molecule is CCN(CC)C(=O)Nc1ccc(Oc2ccc(C)cc2)cc1. The molecule has 0 aliphatic heterocycles. The third-order valence-electron chi connectivity index (χ3n) is 3.41. The summed E-state index contributed by atoms with van der Waals surface area (Å²) in [5.74, 6) is 1.54. The predicted molar refractivity (Wildman–Crippen MR) is 89.6 cm³/mol. The number of carbonyl (C=O) groups is 1. The second-order valence-electron chi connectivity index (χ2n) is 5.04. The van der Waals surface area contributed by atoms with Crippen LogP contribution >= 0.6 is 0 Å². The van der Waals surface area contributed by atoms with Gasteiger partial charge in [0.05, 0.1) is 0 Å². The second-order valence-corrected chi connectivity index (χ2v) is 5.04. The Kier molecular flexibility index (Phi) is 5.42. The Morgan fingerprint density at radius 2 is 1.45 bits per heavy atom. The van der Waals surface area contributed by atoms with E-state index in [0.717, 1.165) is 17.2 Å². The van der Waals surface area contributed by atoms with Gasteiger partial charge in [-0.3, -0.25) is 0 Å². The first-order chi connectivity index (χ1) is 10.6. The molecule has 0 fully saturated rings. The van der Waals surface area contributed by atoms with Crippen molar-refractivity contribution < 1.29 is 9.53 Å². The summed E-state index contributed by atoms with van der Waals surface area (Å²) in [7, 11) is 0. The van der Waals surface area contributed by atoms with E-state index in [4.69, 9.17) is 4.74 Å². The van der Waals surface area contributed by atoms with Crippen LogP contribution in [0.2, 0.25) is 0 Å². The van der Waals surface area contributed by atoms with Gasteiger partial charge in [-0.2, -0.15) is 0 Å². The summed E-state index contributed by atoms with van der Waals surface area (Å²) < 4.78 is 5.76. The van der Waals surface area contributed by atoms with Gasteiger partial charge in [-0.25, -0.2) is 4.79 Å². The zero-order valence-electron chi connectivity index (χ0n) is 13.3. The van der Waals surface area contributed by atoms with E-state index >= 15 is 0 Å². The highest BCUT2D eigenvalue weighted by Crippen LogP contribution is 2.23. The van der Waals surface area contributed by atoms with E-state index < -0.39 is 0 Å². The number of nitrogens with one attached hydrogen (secondary N) is 1. The number of carbonyl (C=O) groups excluding carboxylic acids is 1. The Labute approximate surface area is 131 Å². The zero-order valence-corrected chi connectivity index (χ0v) is 13.3. The first-order valence-corrected chi connectivity index (χ1v) is 7.53. The topological polar surface area (TPSA) is 41.6 Å². The fraction of sp³-hybridized carbons (Fsp3) is 0.278. The van der Waals surface area contributed by atoms with Crippen molar-refractivity contribution in [3.05, 3.63) is 54.1 Å². The number of amides is 2. The smallest absolute Gasteiger partial charge is 0.321 e. The van der Waals surface area contributed by atoms with Gasteiger partial charge >= 0.3 is 6.03 Å². The highest BCUT2D eigenvalue weighted by Gasteiger charge is 2.09. The Bertz CT molecular complexity index is 602. The number of ether oxygens (including phenoxy) is 1. The molecule has 0 spiro atoms. The van der Waals surface area contributed by atoms with Crippen molar-refractivity contribution in [2.24, 2.45) is 0 Å². The number of urea groups is 1. The predicted octanol–water partition coefficient (Wildman–Crippen LogP) is 4.66. The Morgan fingerprint density at radius 3 is 1.95 bits per heavy atom. The largest absolute Gasteiger partial charge is 0.457 e. The molecule has 4 heteroatoms. The molecule has 116 valence electrons. The van der Waals surface area contributed by atoms with Gasteiger partial charge in [0.1, 0.15) is 11.5 Å². The molecule has 2 amide bonds. The fourth-order valence-electron chi connectivity index (χ4n) is 2.06. The van der Waals surface area contributed by atoms with E-state index in [0.29, 0.717) is 13.1 Å². The molecular formula is C18H22N2O2. The molecule has 4 nitrogen and oxygen atoms in total. The van der Waals surface area contributed by atoms with Gasteiger partial charge in [0.2, 0.25) is 0 Å². The van der Waals surface area contributed by atoms with Crippen molar-refractivity contribution >= 4 is 11.7 Å². The first-order valence-electron chi connectivity index (χ1n) is 7.53. The third kappa shape index (κ3) is 4.25. The normalized spacial score (nSPS) is 10.1. The maximum absolute atomic E-state index is 12.0. The van der Waals surface area contributed by atoms with Gasteiger partial charge < -0.3 is 15.0 Å². The lowest BCUT2D eigenvalue weighted by Crippen LogP contribution is -2.34. The first kappa shape index (κ1) is 15.9. The van der Waals surface area contributed by atoms with Gasteiger partial charge in [0.15, 0.2) is 0 Å². The van der Waals surface area contributed by atoms with Crippen molar-refractivity contribution in [3.8, 4) is 11.5 Å². The summed E-state index contributed by atoms with van der Waals surface area (Å²) in [6.45, 7) is 7.34. The molecule has 0 unspecified atom stereocenters. The molecule has 0 saturated heterocycles. The molecule has 2 aromatic rings. The van der Waals surface area contributed by atoms with Gasteiger partial charge in [-0.1, -0.05) is 17.7 Å². The Balaban J connectivity index is 1.98. The van der Waals surface area contributed by atoms with Gasteiger partial charge in [0, 0.05) is 18.8 Å². The third-order valence-corrected chi connectivity index (χ3v) is 3.41. The van der Waals surface area contributed by atoms with Crippen LogP contribution in [0.4, 0.5) is 10.5 Å². The van der Waals surface area contributed by atoms with Gasteiger partial charge in [-0.15, -0.1) is 0 Å². The number of hydrogen-bond donors (Lipinski definition) is 1. The van der Waals surface area contributed by atoms with E-state index in [1.807, 2.05) is 69.3 Å². The number of benzene rings is 2. The molecule has 0 heterocycles. The summed E-state index contributed by atoms with van der Waals surface area (Å²) >= 11 is 0. The molecule has 0 atom stereocenters. The van der Waals surface area contributed by atoms with Crippen LogP contribution in [0.3, 0.4) is 0 Å². The number of aryl methyl sites for hydroxylation is 1. The average molecular weight is 298 g/mol. The molecule has 2 rings (SSSR count). The van der Waals surface area contributed by atoms with Crippen LogP contribution in [-0.4, -0.2) is 24.0 Å². The van der Waals surface area contributed by atoms with Crippen LogP contribution in [0.1, 0.15) is 19.4 Å². The minimum absolute atomic E-state index is 0.0859. The van der Waals surface area contributed by atoms with Crippen molar-refractivity contribution in [1.29, 1.82) is 0 Å². The van der Waals surface area contributed by atoms with Crippen molar-refractivity contribution in [2.45, 2.75) is 20.8 Å². The molecule has 0 aromatic heterocycles. The summed E-state index contributed by atoms with van der Waals surface area (Å²) in [5.41, 5.74) is 1.95. The van der Waals surface area contributed by atoms with Gasteiger partial charge in [-0.05, 0) is 57.2 Å². The maximum atomic E-state index is 12.0. The van der Waals surface area contributed by atoms with E-state index in [1.165, 1.54) is 5.56 Å². The van der Waals surface area contributed by atoms with Crippen LogP contribution in [0.15, 0.2) is 48.5 Å². The van der Waals surface area contributed by atoms with E-state index in [9.17, 15) is 4.79 Å². The summed E-state index contributed by atoms with van der Waals surface area (Å²) in [6.07, 6.45) is 0. The minimum atomic E-state index is -0.0859. The molecular weight excluding hydrogens is 276 g/mol. The molecule has 1 N–H and O–H groups in total. The van der Waals surface area contributed by atoms with Crippen molar-refractivity contribution in [2.75, 3.05) is 18.4 Å². The Morgan fingerprint density at radius 1 is 0.955 bits per heavy atom. The van der Waals surface area contributed by atoms with E-state index in [-0.39, 0.29) is 6.03 Å². The van der Waals surface area contributed by atoms with Crippen molar-refractivity contribution in [1.82, 2.24) is 4.90 Å². The van der Waals surface area contributed by atoms with Crippen molar-refractivity contribution in [3.63, 3.8) is 0 Å². The molecule has 0 aliphatic rings.